The van der Waals surface area contributed by atoms with Gasteiger partial charge in [-0.2, -0.15) is 0 Å². The average molecular weight is 242 g/mol. The predicted molar refractivity (Wildman–Crippen MR) is 59.8 cm³/mol. The lowest BCUT2D eigenvalue weighted by molar-refractivity contribution is -0.135. The van der Waals surface area contributed by atoms with Crippen LogP contribution in [0.4, 0.5) is 0 Å². The highest BCUT2D eigenvalue weighted by molar-refractivity contribution is 6.46. The standard InChI is InChI=1S/C11H12ClNO3/c1-5-6(2)13-7(3)8(9(5)12)10(14)11(15)16-4/h1-4H3. The van der Waals surface area contributed by atoms with Gasteiger partial charge in [-0.15, -0.1) is 0 Å². The molecule has 4 nitrogen and oxygen atoms in total. The molecule has 0 fully saturated rings. The van der Waals surface area contributed by atoms with Crippen LogP contribution < -0.4 is 0 Å². The fraction of sp³-hybridized carbons (Fsp3) is 0.364. The number of hydrogen-bond acceptors (Lipinski definition) is 4. The largest absolute Gasteiger partial charge is 0.463 e. The number of carbonyl (C=O) groups excluding carboxylic acids is 2. The molecule has 0 aliphatic heterocycles. The molecule has 0 saturated heterocycles. The molecule has 0 aliphatic carbocycles. The van der Waals surface area contributed by atoms with Crippen LogP contribution in [-0.2, 0) is 9.53 Å². The summed E-state index contributed by atoms with van der Waals surface area (Å²) in [5.74, 6) is -1.70. The first-order chi connectivity index (χ1) is 7.40. The van der Waals surface area contributed by atoms with Crippen LogP contribution >= 0.6 is 11.6 Å². The highest BCUT2D eigenvalue weighted by atomic mass is 35.5. The summed E-state index contributed by atoms with van der Waals surface area (Å²) < 4.78 is 4.37. The van der Waals surface area contributed by atoms with Gasteiger partial charge in [0.25, 0.3) is 5.78 Å². The molecule has 1 aromatic heterocycles. The summed E-state index contributed by atoms with van der Waals surface area (Å²) in [5.41, 5.74) is 1.99. The molecule has 86 valence electrons. The number of ether oxygens (including phenoxy) is 1. The Labute approximate surface area is 98.6 Å². The molecule has 0 bridgehead atoms. The molecular formula is C11H12ClNO3. The molecule has 1 heterocycles. The van der Waals surface area contributed by atoms with Crippen molar-refractivity contribution in [3.8, 4) is 0 Å². The van der Waals surface area contributed by atoms with Crippen molar-refractivity contribution in [3.05, 3.63) is 27.5 Å². The van der Waals surface area contributed by atoms with Gasteiger partial charge in [0.1, 0.15) is 0 Å². The number of aromatic nitrogens is 1. The molecule has 16 heavy (non-hydrogen) atoms. The Kier molecular flexibility index (Phi) is 3.65. The first kappa shape index (κ1) is 12.6. The van der Waals surface area contributed by atoms with Crippen molar-refractivity contribution < 1.29 is 14.3 Å². The Morgan fingerprint density at radius 3 is 2.25 bits per heavy atom. The number of esters is 1. The summed E-state index contributed by atoms with van der Waals surface area (Å²) in [5, 5.41) is 0.264. The Balaban J connectivity index is 3.40. The van der Waals surface area contributed by atoms with E-state index in [0.29, 0.717) is 11.3 Å². The molecule has 0 spiro atoms. The molecule has 0 amide bonds. The van der Waals surface area contributed by atoms with Crippen LogP contribution in [0.5, 0.6) is 0 Å². The zero-order valence-electron chi connectivity index (χ0n) is 9.55. The summed E-state index contributed by atoms with van der Waals surface area (Å²) in [6.07, 6.45) is 0. The third-order valence-electron chi connectivity index (χ3n) is 2.39. The highest BCUT2D eigenvalue weighted by Crippen LogP contribution is 2.25. The molecule has 0 N–H and O–H groups in total. The van der Waals surface area contributed by atoms with Gasteiger partial charge >= 0.3 is 5.97 Å². The van der Waals surface area contributed by atoms with E-state index >= 15 is 0 Å². The van der Waals surface area contributed by atoms with Crippen LogP contribution in [0.15, 0.2) is 0 Å². The van der Waals surface area contributed by atoms with E-state index in [1.807, 2.05) is 0 Å². The van der Waals surface area contributed by atoms with Gasteiger partial charge in [0, 0.05) is 5.69 Å². The van der Waals surface area contributed by atoms with E-state index in [2.05, 4.69) is 9.72 Å². The van der Waals surface area contributed by atoms with Crippen molar-refractivity contribution in [3.63, 3.8) is 0 Å². The lowest BCUT2D eigenvalue weighted by Crippen LogP contribution is -2.18. The fourth-order valence-corrected chi connectivity index (χ4v) is 1.71. The summed E-state index contributed by atoms with van der Waals surface area (Å²) in [6.45, 7) is 5.17. The maximum Gasteiger partial charge on any atom is 0.379 e. The smallest absolute Gasteiger partial charge is 0.379 e. The molecular weight excluding hydrogens is 230 g/mol. The van der Waals surface area contributed by atoms with Crippen molar-refractivity contribution in [2.45, 2.75) is 20.8 Å². The van der Waals surface area contributed by atoms with Crippen LogP contribution in [0.3, 0.4) is 0 Å². The summed E-state index contributed by atoms with van der Waals surface area (Å²) in [7, 11) is 1.15. The second kappa shape index (κ2) is 4.61. The first-order valence-corrected chi connectivity index (χ1v) is 5.03. The Morgan fingerprint density at radius 1 is 1.19 bits per heavy atom. The lowest BCUT2D eigenvalue weighted by Gasteiger charge is -2.10. The number of aryl methyl sites for hydroxylation is 2. The average Bonchev–Trinajstić information content (AvgIpc) is 2.24. The number of nitrogens with zero attached hydrogens (tertiary/aromatic N) is 1. The van der Waals surface area contributed by atoms with E-state index in [1.165, 1.54) is 0 Å². The molecule has 5 heteroatoms. The normalized spacial score (nSPS) is 10.1. The predicted octanol–water partition coefficient (Wildman–Crippen LogP) is 2.02. The SMILES string of the molecule is COC(=O)C(=O)c1c(C)nc(C)c(C)c1Cl. The van der Waals surface area contributed by atoms with Gasteiger partial charge in [0.2, 0.25) is 0 Å². The second-order valence-electron chi connectivity index (χ2n) is 3.42. The maximum absolute atomic E-state index is 11.7. The first-order valence-electron chi connectivity index (χ1n) is 4.66. The van der Waals surface area contributed by atoms with Crippen molar-refractivity contribution in [1.29, 1.82) is 0 Å². The number of Topliss-reactive ketones (excluding diaryl/α,β-unsaturated/α-hetero) is 1. The number of ketones is 1. The number of hydrogen-bond donors (Lipinski definition) is 0. The van der Waals surface area contributed by atoms with Gasteiger partial charge in [0.15, 0.2) is 0 Å². The zero-order chi connectivity index (χ0) is 12.5. The second-order valence-corrected chi connectivity index (χ2v) is 3.80. The van der Waals surface area contributed by atoms with Crippen molar-refractivity contribution in [2.24, 2.45) is 0 Å². The van der Waals surface area contributed by atoms with E-state index in [-0.39, 0.29) is 10.6 Å². The number of halogens is 1. The lowest BCUT2D eigenvalue weighted by atomic mass is 10.1. The molecule has 1 aromatic rings. The van der Waals surface area contributed by atoms with Crippen LogP contribution in [0.2, 0.25) is 5.02 Å². The number of methoxy groups -OCH3 is 1. The van der Waals surface area contributed by atoms with Gasteiger partial charge in [0.05, 0.1) is 23.4 Å². The minimum Gasteiger partial charge on any atom is -0.463 e. The third-order valence-corrected chi connectivity index (χ3v) is 2.86. The number of carbonyl (C=O) groups is 2. The van der Waals surface area contributed by atoms with Crippen LogP contribution in [-0.4, -0.2) is 23.8 Å². The molecule has 0 saturated carbocycles. The third kappa shape index (κ3) is 2.07. The van der Waals surface area contributed by atoms with Crippen LogP contribution in [0, 0.1) is 20.8 Å². The fourth-order valence-electron chi connectivity index (χ4n) is 1.36. The monoisotopic (exact) mass is 241 g/mol. The van der Waals surface area contributed by atoms with E-state index in [4.69, 9.17) is 11.6 Å². The molecule has 0 unspecified atom stereocenters. The Morgan fingerprint density at radius 2 is 1.75 bits per heavy atom. The maximum atomic E-state index is 11.7. The highest BCUT2D eigenvalue weighted by Gasteiger charge is 2.24. The zero-order valence-corrected chi connectivity index (χ0v) is 10.3. The van der Waals surface area contributed by atoms with Gasteiger partial charge in [-0.3, -0.25) is 9.78 Å². The minimum absolute atomic E-state index is 0.122. The van der Waals surface area contributed by atoms with Gasteiger partial charge in [-0.25, -0.2) is 4.79 Å². The molecule has 0 aromatic carbocycles. The number of pyridine rings is 1. The van der Waals surface area contributed by atoms with Crippen molar-refractivity contribution in [2.75, 3.05) is 7.11 Å². The number of rotatable bonds is 2. The Bertz CT molecular complexity index is 469. The summed E-state index contributed by atoms with van der Waals surface area (Å²) >= 11 is 6.03. The van der Waals surface area contributed by atoms with Gasteiger partial charge in [-0.05, 0) is 26.3 Å². The summed E-state index contributed by atoms with van der Waals surface area (Å²) in [4.78, 5) is 27.0. The van der Waals surface area contributed by atoms with E-state index in [0.717, 1.165) is 12.8 Å². The molecule has 1 rings (SSSR count). The molecule has 0 aliphatic rings. The molecule has 0 atom stereocenters. The molecule has 0 radical (unpaired) electrons. The minimum atomic E-state index is -0.935. The van der Waals surface area contributed by atoms with Crippen molar-refractivity contribution in [1.82, 2.24) is 4.98 Å². The Hall–Kier alpha value is -1.42. The van der Waals surface area contributed by atoms with Gasteiger partial charge in [-0.1, -0.05) is 11.6 Å². The van der Waals surface area contributed by atoms with E-state index in [9.17, 15) is 9.59 Å². The van der Waals surface area contributed by atoms with Crippen LogP contribution in [0.25, 0.3) is 0 Å². The summed E-state index contributed by atoms with van der Waals surface area (Å²) in [6, 6.07) is 0. The van der Waals surface area contributed by atoms with Gasteiger partial charge < -0.3 is 4.74 Å². The van der Waals surface area contributed by atoms with E-state index < -0.39 is 11.8 Å². The topological polar surface area (TPSA) is 56.3 Å². The quantitative estimate of drug-likeness (QED) is 0.452. The van der Waals surface area contributed by atoms with E-state index in [1.54, 1.807) is 20.8 Å². The van der Waals surface area contributed by atoms with Crippen LogP contribution in [0.1, 0.15) is 27.3 Å². The van der Waals surface area contributed by atoms with Crippen molar-refractivity contribution >= 4 is 23.4 Å².